The normalized spacial score (nSPS) is 12.4. The van der Waals surface area contributed by atoms with E-state index in [-0.39, 0.29) is 6.04 Å². The number of nitrogens with one attached hydrogen (secondary N) is 2. The van der Waals surface area contributed by atoms with Gasteiger partial charge in [-0.05, 0) is 18.5 Å². The number of hydrogen-bond acceptors (Lipinski definition) is 5. The number of rotatable bonds is 6. The van der Waals surface area contributed by atoms with E-state index in [1.54, 1.807) is 12.4 Å². The van der Waals surface area contributed by atoms with Crippen molar-refractivity contribution >= 4 is 0 Å². The molecular weight excluding hydrogens is 266 g/mol. The van der Waals surface area contributed by atoms with Gasteiger partial charge in [0.05, 0.1) is 11.8 Å². The standard InChI is InChI=1S/C15H17N5O/c1-2-8-16-13(11-6-4-3-5-7-11)15-20-19-14(21-15)12-9-17-18-10-12/h3-7,9-10,13,16H,2,8H2,1H3,(H,17,18). The van der Waals surface area contributed by atoms with E-state index in [1.807, 2.05) is 18.2 Å². The topological polar surface area (TPSA) is 79.6 Å². The first kappa shape index (κ1) is 13.5. The summed E-state index contributed by atoms with van der Waals surface area (Å²) in [6.45, 7) is 3.00. The van der Waals surface area contributed by atoms with Gasteiger partial charge in [-0.1, -0.05) is 37.3 Å². The van der Waals surface area contributed by atoms with Crippen LogP contribution in [-0.2, 0) is 0 Å². The molecule has 0 saturated carbocycles. The maximum absolute atomic E-state index is 5.80. The summed E-state index contributed by atoms with van der Waals surface area (Å²) in [4.78, 5) is 0. The fraction of sp³-hybridized carbons (Fsp3) is 0.267. The molecule has 1 aromatic carbocycles. The Hall–Kier alpha value is -2.47. The van der Waals surface area contributed by atoms with Crippen LogP contribution in [0, 0.1) is 0 Å². The van der Waals surface area contributed by atoms with Gasteiger partial charge in [0.15, 0.2) is 0 Å². The average molecular weight is 283 g/mol. The van der Waals surface area contributed by atoms with Crippen LogP contribution < -0.4 is 5.32 Å². The number of aromatic amines is 1. The highest BCUT2D eigenvalue weighted by Gasteiger charge is 2.20. The van der Waals surface area contributed by atoms with Crippen LogP contribution in [0.4, 0.5) is 0 Å². The van der Waals surface area contributed by atoms with Crippen molar-refractivity contribution in [2.24, 2.45) is 0 Å². The maximum Gasteiger partial charge on any atom is 0.251 e. The summed E-state index contributed by atoms with van der Waals surface area (Å²) < 4.78 is 5.80. The fourth-order valence-corrected chi connectivity index (χ4v) is 2.12. The van der Waals surface area contributed by atoms with Gasteiger partial charge >= 0.3 is 0 Å². The highest BCUT2D eigenvalue weighted by Crippen LogP contribution is 2.24. The minimum atomic E-state index is -0.0979. The second-order valence-electron chi connectivity index (χ2n) is 4.73. The number of benzene rings is 1. The largest absolute Gasteiger partial charge is 0.418 e. The Labute approximate surface area is 122 Å². The van der Waals surface area contributed by atoms with Gasteiger partial charge in [0.2, 0.25) is 5.89 Å². The molecule has 0 radical (unpaired) electrons. The van der Waals surface area contributed by atoms with Gasteiger partial charge in [0.25, 0.3) is 5.89 Å². The van der Waals surface area contributed by atoms with Crippen LogP contribution >= 0.6 is 0 Å². The predicted octanol–water partition coefficient (Wildman–Crippen LogP) is 2.55. The number of H-pyrrole nitrogens is 1. The minimum absolute atomic E-state index is 0.0979. The van der Waals surface area contributed by atoms with E-state index in [1.165, 1.54) is 0 Å². The van der Waals surface area contributed by atoms with Crippen LogP contribution in [0.1, 0.15) is 30.8 Å². The summed E-state index contributed by atoms with van der Waals surface area (Å²) in [7, 11) is 0. The number of nitrogens with zero attached hydrogens (tertiary/aromatic N) is 3. The molecule has 0 fully saturated rings. The Morgan fingerprint density at radius 3 is 2.81 bits per heavy atom. The molecule has 3 rings (SSSR count). The van der Waals surface area contributed by atoms with E-state index >= 15 is 0 Å². The molecule has 6 heteroatoms. The van der Waals surface area contributed by atoms with E-state index < -0.39 is 0 Å². The third-order valence-electron chi connectivity index (χ3n) is 3.16. The molecule has 0 bridgehead atoms. The summed E-state index contributed by atoms with van der Waals surface area (Å²) >= 11 is 0. The third kappa shape index (κ3) is 3.00. The lowest BCUT2D eigenvalue weighted by molar-refractivity contribution is 0.439. The van der Waals surface area contributed by atoms with Crippen LogP contribution in [0.3, 0.4) is 0 Å². The van der Waals surface area contributed by atoms with Crippen molar-refractivity contribution in [2.45, 2.75) is 19.4 Å². The number of hydrogen-bond donors (Lipinski definition) is 2. The summed E-state index contributed by atoms with van der Waals surface area (Å²) in [5.74, 6) is 1.03. The molecule has 1 atom stereocenters. The van der Waals surface area contributed by atoms with E-state index in [9.17, 15) is 0 Å². The SMILES string of the molecule is CCCNC(c1ccccc1)c1nnc(-c2cn[nH]c2)o1. The lowest BCUT2D eigenvalue weighted by Crippen LogP contribution is -2.23. The molecule has 1 unspecified atom stereocenters. The lowest BCUT2D eigenvalue weighted by Gasteiger charge is -2.14. The van der Waals surface area contributed by atoms with Gasteiger partial charge < -0.3 is 9.73 Å². The second-order valence-corrected chi connectivity index (χ2v) is 4.73. The Kier molecular flexibility index (Phi) is 4.07. The quantitative estimate of drug-likeness (QED) is 0.726. The third-order valence-corrected chi connectivity index (χ3v) is 3.16. The molecule has 0 aliphatic rings. The molecule has 21 heavy (non-hydrogen) atoms. The van der Waals surface area contributed by atoms with Crippen LogP contribution in [0.25, 0.3) is 11.5 Å². The predicted molar refractivity (Wildman–Crippen MR) is 78.5 cm³/mol. The Morgan fingerprint density at radius 1 is 1.24 bits per heavy atom. The summed E-state index contributed by atoms with van der Waals surface area (Å²) in [6.07, 6.45) is 4.43. The van der Waals surface area contributed by atoms with Crippen molar-refractivity contribution < 1.29 is 4.42 Å². The smallest absolute Gasteiger partial charge is 0.251 e. The maximum atomic E-state index is 5.80. The molecule has 0 amide bonds. The molecular formula is C15H17N5O. The first-order chi connectivity index (χ1) is 10.4. The minimum Gasteiger partial charge on any atom is -0.418 e. The molecule has 3 aromatic rings. The molecule has 6 nitrogen and oxygen atoms in total. The second kappa shape index (κ2) is 6.32. The first-order valence-corrected chi connectivity index (χ1v) is 6.99. The lowest BCUT2D eigenvalue weighted by atomic mass is 10.1. The van der Waals surface area contributed by atoms with Gasteiger partial charge in [-0.3, -0.25) is 5.10 Å². The van der Waals surface area contributed by atoms with Crippen molar-refractivity contribution in [3.63, 3.8) is 0 Å². The fourth-order valence-electron chi connectivity index (χ4n) is 2.12. The zero-order valence-corrected chi connectivity index (χ0v) is 11.8. The zero-order chi connectivity index (χ0) is 14.5. The van der Waals surface area contributed by atoms with Crippen molar-refractivity contribution in [3.8, 4) is 11.5 Å². The van der Waals surface area contributed by atoms with E-state index in [0.717, 1.165) is 24.1 Å². The van der Waals surface area contributed by atoms with Gasteiger partial charge in [-0.15, -0.1) is 10.2 Å². The van der Waals surface area contributed by atoms with Crippen molar-refractivity contribution in [1.29, 1.82) is 0 Å². The van der Waals surface area contributed by atoms with E-state index in [4.69, 9.17) is 4.42 Å². The molecule has 0 aliphatic carbocycles. The number of aromatic nitrogens is 4. The average Bonchev–Trinajstić information content (AvgIpc) is 3.20. The first-order valence-electron chi connectivity index (χ1n) is 6.99. The molecule has 2 N–H and O–H groups in total. The Bertz CT molecular complexity index is 662. The molecule has 108 valence electrons. The molecule has 0 spiro atoms. The molecule has 2 aromatic heterocycles. The monoisotopic (exact) mass is 283 g/mol. The summed E-state index contributed by atoms with van der Waals surface area (Å²) in [6, 6.07) is 10.0. The van der Waals surface area contributed by atoms with Crippen LogP contribution in [0.15, 0.2) is 47.1 Å². The molecule has 0 saturated heterocycles. The van der Waals surface area contributed by atoms with Gasteiger partial charge in [0.1, 0.15) is 6.04 Å². The van der Waals surface area contributed by atoms with Crippen molar-refractivity contribution in [3.05, 3.63) is 54.2 Å². The Balaban J connectivity index is 1.90. The van der Waals surface area contributed by atoms with Gasteiger partial charge in [0, 0.05) is 6.20 Å². The highest BCUT2D eigenvalue weighted by molar-refractivity contribution is 5.48. The van der Waals surface area contributed by atoms with Gasteiger partial charge in [-0.2, -0.15) is 5.10 Å². The summed E-state index contributed by atoms with van der Waals surface area (Å²) in [5.41, 5.74) is 1.89. The molecule has 2 heterocycles. The van der Waals surface area contributed by atoms with E-state index in [2.05, 4.69) is 44.8 Å². The zero-order valence-electron chi connectivity index (χ0n) is 11.8. The van der Waals surface area contributed by atoms with Crippen LogP contribution in [0.2, 0.25) is 0 Å². The molecule has 0 aliphatic heterocycles. The van der Waals surface area contributed by atoms with Crippen LogP contribution in [0.5, 0.6) is 0 Å². The van der Waals surface area contributed by atoms with Crippen LogP contribution in [-0.4, -0.2) is 26.9 Å². The Morgan fingerprint density at radius 2 is 2.10 bits per heavy atom. The van der Waals surface area contributed by atoms with Gasteiger partial charge in [-0.25, -0.2) is 0 Å². The summed E-state index contributed by atoms with van der Waals surface area (Å²) in [5, 5.41) is 18.3. The highest BCUT2D eigenvalue weighted by atomic mass is 16.4. The van der Waals surface area contributed by atoms with Crippen molar-refractivity contribution in [1.82, 2.24) is 25.7 Å². The van der Waals surface area contributed by atoms with Crippen molar-refractivity contribution in [2.75, 3.05) is 6.54 Å². The van der Waals surface area contributed by atoms with E-state index in [0.29, 0.717) is 11.8 Å².